The second-order valence-corrected chi connectivity index (χ2v) is 7.24. The van der Waals surface area contributed by atoms with E-state index in [1.807, 2.05) is 6.07 Å². The number of benzene rings is 1. The van der Waals surface area contributed by atoms with Gasteiger partial charge < -0.3 is 10.8 Å². The van der Waals surface area contributed by atoms with Crippen molar-refractivity contribution in [3.8, 4) is 17.3 Å². The van der Waals surface area contributed by atoms with Crippen LogP contribution in [0.3, 0.4) is 0 Å². The summed E-state index contributed by atoms with van der Waals surface area (Å²) in [5.74, 6) is -0.437. The predicted molar refractivity (Wildman–Crippen MR) is 96.0 cm³/mol. The Hall–Kier alpha value is -2.69. The van der Waals surface area contributed by atoms with E-state index >= 15 is 4.39 Å². The van der Waals surface area contributed by atoms with Crippen LogP contribution in [0.4, 0.5) is 10.2 Å². The molecule has 1 saturated carbocycles. The van der Waals surface area contributed by atoms with Crippen molar-refractivity contribution >= 4 is 28.3 Å². The minimum Gasteiger partial charge on any atom is -0.390 e. The summed E-state index contributed by atoms with van der Waals surface area (Å²) in [5, 5.41) is 24.6. The quantitative estimate of drug-likeness (QED) is 0.672. The molecule has 1 aliphatic carbocycles. The number of hydrogen-bond donors (Lipinski definition) is 2. The van der Waals surface area contributed by atoms with Crippen molar-refractivity contribution in [2.45, 2.75) is 31.4 Å². The molecule has 26 heavy (non-hydrogen) atoms. The molecule has 0 amide bonds. The zero-order chi connectivity index (χ0) is 18.6. The highest BCUT2D eigenvalue weighted by Crippen LogP contribution is 2.43. The third-order valence-electron chi connectivity index (χ3n) is 4.78. The second-order valence-electron chi connectivity index (χ2n) is 6.86. The first kappa shape index (κ1) is 16.8. The zero-order valence-electron chi connectivity index (χ0n) is 13.9. The van der Waals surface area contributed by atoms with Gasteiger partial charge in [-0.15, -0.1) is 0 Å². The third-order valence-corrected chi connectivity index (χ3v) is 4.99. The van der Waals surface area contributed by atoms with Gasteiger partial charge in [0.15, 0.2) is 5.82 Å². The molecule has 3 aromatic rings. The number of fused-ring (bicyclic) bond motifs is 1. The molecule has 2 aromatic heterocycles. The molecule has 0 spiro atoms. The lowest BCUT2D eigenvalue weighted by Gasteiger charge is -2.41. The van der Waals surface area contributed by atoms with Gasteiger partial charge in [0, 0.05) is 10.9 Å². The normalized spacial score (nSPS) is 22.2. The molecular weight excluding hydrogens is 357 g/mol. The Bertz CT molecular complexity index is 1080. The Kier molecular flexibility index (Phi) is 3.65. The van der Waals surface area contributed by atoms with Gasteiger partial charge >= 0.3 is 0 Å². The molecule has 2 heterocycles. The first-order valence-electron chi connectivity index (χ1n) is 8.06. The summed E-state index contributed by atoms with van der Waals surface area (Å²) in [4.78, 5) is 4.04. The molecule has 132 valence electrons. The first-order chi connectivity index (χ1) is 12.3. The fourth-order valence-corrected chi connectivity index (χ4v) is 3.61. The predicted octanol–water partition coefficient (Wildman–Crippen LogP) is 3.43. The lowest BCUT2D eigenvalue weighted by molar-refractivity contribution is -0.0535. The Morgan fingerprint density at radius 3 is 2.73 bits per heavy atom. The van der Waals surface area contributed by atoms with Crippen LogP contribution in [0.5, 0.6) is 0 Å². The van der Waals surface area contributed by atoms with Crippen LogP contribution >= 0.6 is 11.6 Å². The Morgan fingerprint density at radius 1 is 1.38 bits per heavy atom. The number of rotatable bonds is 2. The van der Waals surface area contributed by atoms with Crippen molar-refractivity contribution in [2.75, 3.05) is 5.73 Å². The number of aromatic nitrogens is 3. The molecule has 3 N–H and O–H groups in total. The number of nitriles is 1. The highest BCUT2D eigenvalue weighted by Gasteiger charge is 2.41. The molecule has 1 fully saturated rings. The maximum atomic E-state index is 15.1. The van der Waals surface area contributed by atoms with Gasteiger partial charge in [-0.05, 0) is 38.0 Å². The van der Waals surface area contributed by atoms with Crippen molar-refractivity contribution in [3.63, 3.8) is 0 Å². The van der Waals surface area contributed by atoms with Crippen molar-refractivity contribution < 1.29 is 9.50 Å². The van der Waals surface area contributed by atoms with Crippen molar-refractivity contribution in [3.05, 3.63) is 40.8 Å². The maximum Gasteiger partial charge on any atom is 0.158 e. The minimum absolute atomic E-state index is 0.108. The fourth-order valence-electron chi connectivity index (χ4n) is 3.47. The van der Waals surface area contributed by atoms with E-state index in [-0.39, 0.29) is 39.4 Å². The van der Waals surface area contributed by atoms with E-state index in [1.54, 1.807) is 31.2 Å². The number of nitrogens with zero attached hydrogens (tertiary/aromatic N) is 4. The second kappa shape index (κ2) is 5.66. The molecule has 0 saturated heterocycles. The third kappa shape index (κ3) is 2.50. The molecule has 1 aliphatic rings. The average Bonchev–Trinajstić information content (AvgIpc) is 2.89. The van der Waals surface area contributed by atoms with E-state index in [0.717, 1.165) is 0 Å². The highest BCUT2D eigenvalue weighted by atomic mass is 35.5. The minimum atomic E-state index is -0.773. The number of hydrogen-bond acceptors (Lipinski definition) is 5. The molecule has 4 rings (SSSR count). The Balaban J connectivity index is 1.87. The van der Waals surface area contributed by atoms with Crippen molar-refractivity contribution in [1.82, 2.24) is 14.8 Å². The monoisotopic (exact) mass is 371 g/mol. The standard InChI is InChI=1S/C18H15ClFN5O/c1-18(26)6-10(7-18)25-17(22)12(8-21)16(24-25)11-4-2-9-3-5-13(19)23-15(9)14(11)20/h2-5,10,26H,6-7,22H2,1H3. The number of aliphatic hydroxyl groups is 1. The SMILES string of the molecule is CC1(O)CC(n2nc(-c3ccc4ccc(Cl)nc4c3F)c(C#N)c2N)C1. The summed E-state index contributed by atoms with van der Waals surface area (Å²) in [5.41, 5.74) is 5.82. The van der Waals surface area contributed by atoms with Gasteiger partial charge in [-0.1, -0.05) is 17.7 Å². The van der Waals surface area contributed by atoms with Gasteiger partial charge in [-0.3, -0.25) is 0 Å². The van der Waals surface area contributed by atoms with Gasteiger partial charge in [-0.25, -0.2) is 14.1 Å². The van der Waals surface area contributed by atoms with Gasteiger partial charge in [0.1, 0.15) is 33.8 Å². The molecule has 0 aliphatic heterocycles. The van der Waals surface area contributed by atoms with E-state index in [1.165, 1.54) is 4.68 Å². The fraction of sp³-hybridized carbons (Fsp3) is 0.278. The lowest BCUT2D eigenvalue weighted by Crippen LogP contribution is -2.42. The van der Waals surface area contributed by atoms with Gasteiger partial charge in [0.25, 0.3) is 0 Å². The van der Waals surface area contributed by atoms with E-state index in [0.29, 0.717) is 18.2 Å². The summed E-state index contributed by atoms with van der Waals surface area (Å²) in [6.07, 6.45) is 0.946. The number of pyridine rings is 1. The van der Waals surface area contributed by atoms with E-state index in [4.69, 9.17) is 17.3 Å². The van der Waals surface area contributed by atoms with Crippen LogP contribution in [0, 0.1) is 17.1 Å². The molecule has 8 heteroatoms. The number of anilines is 1. The maximum absolute atomic E-state index is 15.1. The molecule has 0 radical (unpaired) electrons. The smallest absolute Gasteiger partial charge is 0.158 e. The van der Waals surface area contributed by atoms with E-state index < -0.39 is 11.4 Å². The molecule has 0 bridgehead atoms. The van der Waals surface area contributed by atoms with Gasteiger partial charge in [0.05, 0.1) is 11.6 Å². The molecule has 6 nitrogen and oxygen atoms in total. The summed E-state index contributed by atoms with van der Waals surface area (Å²) in [7, 11) is 0. The van der Waals surface area contributed by atoms with Crippen molar-refractivity contribution in [2.24, 2.45) is 0 Å². The molecule has 0 unspecified atom stereocenters. The Labute approximate surface area is 153 Å². The van der Waals surface area contributed by atoms with E-state index in [2.05, 4.69) is 10.1 Å². The van der Waals surface area contributed by atoms with Crippen LogP contribution in [0.25, 0.3) is 22.2 Å². The van der Waals surface area contributed by atoms with Crippen LogP contribution in [0.2, 0.25) is 5.15 Å². The largest absolute Gasteiger partial charge is 0.390 e. The number of nitrogen functional groups attached to an aromatic ring is 1. The van der Waals surface area contributed by atoms with Crippen LogP contribution in [-0.2, 0) is 0 Å². The molecular formula is C18H15ClFN5O. The summed E-state index contributed by atoms with van der Waals surface area (Å²) >= 11 is 5.88. The Morgan fingerprint density at radius 2 is 2.08 bits per heavy atom. The average molecular weight is 372 g/mol. The summed E-state index contributed by atoms with van der Waals surface area (Å²) in [6, 6.07) is 8.39. The van der Waals surface area contributed by atoms with Crippen LogP contribution < -0.4 is 5.73 Å². The number of halogens is 2. The first-order valence-corrected chi connectivity index (χ1v) is 8.44. The summed E-state index contributed by atoms with van der Waals surface area (Å²) in [6.45, 7) is 1.73. The van der Waals surface area contributed by atoms with Crippen molar-refractivity contribution in [1.29, 1.82) is 5.26 Å². The van der Waals surface area contributed by atoms with Gasteiger partial charge in [0.2, 0.25) is 0 Å². The number of nitrogens with two attached hydrogens (primary N) is 1. The van der Waals surface area contributed by atoms with Gasteiger partial charge in [-0.2, -0.15) is 10.4 Å². The topological polar surface area (TPSA) is 101 Å². The summed E-state index contributed by atoms with van der Waals surface area (Å²) < 4.78 is 16.6. The lowest BCUT2D eigenvalue weighted by atomic mass is 9.77. The molecule has 1 aromatic carbocycles. The van der Waals surface area contributed by atoms with E-state index in [9.17, 15) is 10.4 Å². The van der Waals surface area contributed by atoms with Crippen LogP contribution in [-0.4, -0.2) is 25.5 Å². The van der Waals surface area contributed by atoms with Crippen LogP contribution in [0.1, 0.15) is 31.4 Å². The zero-order valence-corrected chi connectivity index (χ0v) is 14.6. The highest BCUT2D eigenvalue weighted by molar-refractivity contribution is 6.29. The molecule has 0 atom stereocenters. The van der Waals surface area contributed by atoms with Crippen LogP contribution in [0.15, 0.2) is 24.3 Å².